The summed E-state index contributed by atoms with van der Waals surface area (Å²) < 4.78 is 1.42. The molecule has 3 aromatic rings. The van der Waals surface area contributed by atoms with Gasteiger partial charge in [-0.15, -0.1) is 0 Å². The van der Waals surface area contributed by atoms with Crippen LogP contribution in [0.3, 0.4) is 0 Å². The number of likely N-dealkylation sites (N-methyl/N-ethyl adjacent to an activating group) is 1. The summed E-state index contributed by atoms with van der Waals surface area (Å²) in [5.41, 5.74) is 1.25. The van der Waals surface area contributed by atoms with Crippen LogP contribution >= 0.6 is 0 Å². The van der Waals surface area contributed by atoms with Gasteiger partial charge in [-0.25, -0.2) is 4.98 Å². The Bertz CT molecular complexity index is 916. The number of carbonyl (C=O) groups is 1. The molecular formula is C18H17N3O2. The Labute approximate surface area is 133 Å². The van der Waals surface area contributed by atoms with Crippen molar-refractivity contribution in [2.75, 3.05) is 11.9 Å². The molecule has 0 saturated heterocycles. The number of fused-ring (bicyclic) bond motifs is 1. The van der Waals surface area contributed by atoms with E-state index in [1.165, 1.54) is 4.57 Å². The molecular weight excluding hydrogens is 290 g/mol. The van der Waals surface area contributed by atoms with Gasteiger partial charge in [0.1, 0.15) is 12.4 Å². The van der Waals surface area contributed by atoms with Crippen LogP contribution in [0.5, 0.6) is 0 Å². The smallest absolute Gasteiger partial charge is 0.261 e. The van der Waals surface area contributed by atoms with Gasteiger partial charge < -0.3 is 4.90 Å². The van der Waals surface area contributed by atoms with E-state index in [1.807, 2.05) is 36.4 Å². The third-order valence-electron chi connectivity index (χ3n) is 3.86. The van der Waals surface area contributed by atoms with E-state index in [2.05, 4.69) is 4.98 Å². The Hall–Kier alpha value is -2.95. The van der Waals surface area contributed by atoms with Gasteiger partial charge >= 0.3 is 0 Å². The van der Waals surface area contributed by atoms with Crippen molar-refractivity contribution < 1.29 is 4.79 Å². The fraction of sp³-hybridized carbons (Fsp3) is 0.167. The van der Waals surface area contributed by atoms with E-state index in [4.69, 9.17) is 0 Å². The summed E-state index contributed by atoms with van der Waals surface area (Å²) in [6.07, 6.45) is 0. The van der Waals surface area contributed by atoms with Crippen LogP contribution in [0.15, 0.2) is 59.4 Å². The number of para-hydroxylation sites is 2. The number of nitrogens with zero attached hydrogens (tertiary/aromatic N) is 3. The predicted molar refractivity (Wildman–Crippen MR) is 90.6 cm³/mol. The van der Waals surface area contributed by atoms with Gasteiger partial charge in [-0.3, -0.25) is 14.2 Å². The van der Waals surface area contributed by atoms with E-state index < -0.39 is 0 Å². The first-order valence-corrected chi connectivity index (χ1v) is 7.35. The maximum atomic E-state index is 12.6. The van der Waals surface area contributed by atoms with Crippen molar-refractivity contribution in [2.45, 2.75) is 13.5 Å². The van der Waals surface area contributed by atoms with Gasteiger partial charge in [0, 0.05) is 12.7 Å². The first-order chi connectivity index (χ1) is 11.1. The van der Waals surface area contributed by atoms with Crippen molar-refractivity contribution in [1.29, 1.82) is 0 Å². The van der Waals surface area contributed by atoms with Crippen LogP contribution in [-0.4, -0.2) is 22.5 Å². The van der Waals surface area contributed by atoms with Gasteiger partial charge in [0.15, 0.2) is 0 Å². The molecule has 0 aliphatic rings. The average molecular weight is 307 g/mol. The van der Waals surface area contributed by atoms with Crippen LogP contribution in [0, 0.1) is 6.92 Å². The van der Waals surface area contributed by atoms with E-state index in [0.29, 0.717) is 16.7 Å². The second-order valence-electron chi connectivity index (χ2n) is 5.36. The van der Waals surface area contributed by atoms with Crippen molar-refractivity contribution in [3.63, 3.8) is 0 Å². The number of amides is 1. The highest BCUT2D eigenvalue weighted by Crippen LogP contribution is 2.12. The number of hydrogen-bond donors (Lipinski definition) is 0. The predicted octanol–water partition coefficient (Wildman–Crippen LogP) is 2.37. The monoisotopic (exact) mass is 307 g/mol. The van der Waals surface area contributed by atoms with Gasteiger partial charge in [0.2, 0.25) is 5.91 Å². The number of rotatable bonds is 3. The summed E-state index contributed by atoms with van der Waals surface area (Å²) in [5, 5.41) is 0.522. The van der Waals surface area contributed by atoms with Crippen LogP contribution in [-0.2, 0) is 11.3 Å². The maximum absolute atomic E-state index is 12.6. The molecule has 0 radical (unpaired) electrons. The zero-order valence-corrected chi connectivity index (χ0v) is 13.1. The molecule has 0 aliphatic carbocycles. The quantitative estimate of drug-likeness (QED) is 0.746. The highest BCUT2D eigenvalue weighted by molar-refractivity contribution is 5.92. The van der Waals surface area contributed by atoms with Crippen LogP contribution in [0.1, 0.15) is 5.82 Å². The van der Waals surface area contributed by atoms with Gasteiger partial charge in [0.25, 0.3) is 5.56 Å². The van der Waals surface area contributed by atoms with Crippen LogP contribution < -0.4 is 10.5 Å². The molecule has 0 spiro atoms. The summed E-state index contributed by atoms with van der Waals surface area (Å²) in [6, 6.07) is 16.5. The Morgan fingerprint density at radius 1 is 1.09 bits per heavy atom. The number of hydrogen-bond acceptors (Lipinski definition) is 3. The standard InChI is InChI=1S/C18H17N3O2/c1-13-19-16-11-7-6-10-15(16)18(23)21(13)12-17(22)20(2)14-8-4-3-5-9-14/h3-11H,12H2,1-2H3. The van der Waals surface area contributed by atoms with Gasteiger partial charge in [0.05, 0.1) is 10.9 Å². The van der Waals surface area contributed by atoms with Crippen molar-refractivity contribution in [2.24, 2.45) is 0 Å². The molecule has 5 nitrogen and oxygen atoms in total. The molecule has 0 N–H and O–H groups in total. The number of aromatic nitrogens is 2. The summed E-state index contributed by atoms with van der Waals surface area (Å²) in [4.78, 5) is 31.0. The minimum absolute atomic E-state index is 0.0338. The number of carbonyl (C=O) groups excluding carboxylic acids is 1. The van der Waals surface area contributed by atoms with Crippen molar-refractivity contribution in [3.8, 4) is 0 Å². The molecule has 1 amide bonds. The van der Waals surface area contributed by atoms with Crippen LogP contribution in [0.2, 0.25) is 0 Å². The highest BCUT2D eigenvalue weighted by Gasteiger charge is 2.15. The highest BCUT2D eigenvalue weighted by atomic mass is 16.2. The SMILES string of the molecule is Cc1nc2ccccc2c(=O)n1CC(=O)N(C)c1ccccc1. The molecule has 0 saturated carbocycles. The van der Waals surface area contributed by atoms with Gasteiger partial charge in [-0.2, -0.15) is 0 Å². The first kappa shape index (κ1) is 15.0. The van der Waals surface area contributed by atoms with E-state index in [0.717, 1.165) is 5.69 Å². The van der Waals surface area contributed by atoms with Crippen molar-refractivity contribution >= 4 is 22.5 Å². The number of benzene rings is 2. The minimum atomic E-state index is -0.192. The molecule has 0 aliphatic heterocycles. The van der Waals surface area contributed by atoms with Crippen molar-refractivity contribution in [3.05, 3.63) is 70.8 Å². The van der Waals surface area contributed by atoms with Crippen molar-refractivity contribution in [1.82, 2.24) is 9.55 Å². The molecule has 1 aromatic heterocycles. The van der Waals surface area contributed by atoms with E-state index in [-0.39, 0.29) is 18.0 Å². The lowest BCUT2D eigenvalue weighted by Gasteiger charge is -2.18. The fourth-order valence-corrected chi connectivity index (χ4v) is 2.50. The molecule has 3 rings (SSSR count). The second-order valence-corrected chi connectivity index (χ2v) is 5.36. The van der Waals surface area contributed by atoms with Gasteiger partial charge in [-0.1, -0.05) is 30.3 Å². The summed E-state index contributed by atoms with van der Waals surface area (Å²) in [6.45, 7) is 1.71. The Morgan fingerprint density at radius 2 is 1.74 bits per heavy atom. The average Bonchev–Trinajstić information content (AvgIpc) is 2.58. The number of anilines is 1. The molecule has 1 heterocycles. The van der Waals surface area contributed by atoms with Crippen LogP contribution in [0.25, 0.3) is 10.9 Å². The Balaban J connectivity index is 1.95. The maximum Gasteiger partial charge on any atom is 0.261 e. The minimum Gasteiger partial charge on any atom is -0.314 e. The zero-order chi connectivity index (χ0) is 16.4. The Morgan fingerprint density at radius 3 is 2.48 bits per heavy atom. The van der Waals surface area contributed by atoms with Gasteiger partial charge in [-0.05, 0) is 31.2 Å². The molecule has 23 heavy (non-hydrogen) atoms. The number of aryl methyl sites for hydroxylation is 1. The van der Waals surface area contributed by atoms with E-state index in [9.17, 15) is 9.59 Å². The summed E-state index contributed by atoms with van der Waals surface area (Å²) in [5.74, 6) is 0.363. The first-order valence-electron chi connectivity index (χ1n) is 7.35. The molecule has 0 bridgehead atoms. The summed E-state index contributed by atoms with van der Waals surface area (Å²) in [7, 11) is 1.70. The Kier molecular flexibility index (Phi) is 3.93. The molecule has 2 aromatic carbocycles. The topological polar surface area (TPSA) is 55.2 Å². The molecule has 116 valence electrons. The largest absolute Gasteiger partial charge is 0.314 e. The molecule has 0 atom stereocenters. The summed E-state index contributed by atoms with van der Waals surface area (Å²) >= 11 is 0. The lowest BCUT2D eigenvalue weighted by atomic mass is 10.2. The van der Waals surface area contributed by atoms with E-state index >= 15 is 0 Å². The third-order valence-corrected chi connectivity index (χ3v) is 3.86. The second kappa shape index (κ2) is 6.04. The van der Waals surface area contributed by atoms with Crippen LogP contribution in [0.4, 0.5) is 5.69 Å². The zero-order valence-electron chi connectivity index (χ0n) is 13.1. The third kappa shape index (κ3) is 2.85. The van der Waals surface area contributed by atoms with E-state index in [1.54, 1.807) is 37.1 Å². The molecule has 0 fully saturated rings. The molecule has 0 unspecified atom stereocenters. The fourth-order valence-electron chi connectivity index (χ4n) is 2.50. The lowest BCUT2D eigenvalue weighted by Crippen LogP contribution is -2.35. The lowest BCUT2D eigenvalue weighted by molar-refractivity contribution is -0.119. The normalized spacial score (nSPS) is 10.7. The molecule has 5 heteroatoms.